The van der Waals surface area contributed by atoms with Gasteiger partial charge in [0, 0.05) is 11.8 Å². The molecule has 3 rings (SSSR count). The van der Waals surface area contributed by atoms with Crippen LogP contribution in [0, 0.1) is 13.8 Å². The molecule has 21 heavy (non-hydrogen) atoms. The van der Waals surface area contributed by atoms with Gasteiger partial charge in [-0.2, -0.15) is 0 Å². The topological polar surface area (TPSA) is 37.5 Å². The molecule has 0 saturated carbocycles. The third-order valence-corrected chi connectivity index (χ3v) is 3.83. The second-order valence-corrected chi connectivity index (χ2v) is 5.57. The van der Waals surface area contributed by atoms with Crippen molar-refractivity contribution >= 4 is 5.65 Å². The summed E-state index contributed by atoms with van der Waals surface area (Å²) in [6.07, 6.45) is 2.19. The Hall–Kier alpha value is -2.13. The van der Waals surface area contributed by atoms with E-state index in [0.717, 1.165) is 28.2 Å². The summed E-state index contributed by atoms with van der Waals surface area (Å²) in [6, 6.07) is 12.3. The van der Waals surface area contributed by atoms with Gasteiger partial charge in [-0.3, -0.25) is 0 Å². The van der Waals surface area contributed by atoms with Crippen molar-refractivity contribution in [2.75, 3.05) is 0 Å². The lowest BCUT2D eigenvalue weighted by molar-refractivity contribution is 0.168. The fourth-order valence-corrected chi connectivity index (χ4v) is 2.60. The Balaban J connectivity index is 2.28. The quantitative estimate of drug-likeness (QED) is 0.785. The van der Waals surface area contributed by atoms with Crippen LogP contribution in [0.4, 0.5) is 0 Å². The molecule has 0 aliphatic heterocycles. The Labute approximate surface area is 124 Å². The van der Waals surface area contributed by atoms with Crippen LogP contribution in [0.5, 0.6) is 0 Å². The molecule has 3 aromatic rings. The van der Waals surface area contributed by atoms with Gasteiger partial charge < -0.3 is 9.51 Å². The van der Waals surface area contributed by atoms with E-state index in [9.17, 15) is 5.11 Å². The van der Waals surface area contributed by atoms with E-state index in [1.807, 2.05) is 36.6 Å². The number of nitrogens with zero attached hydrogens (tertiary/aromatic N) is 2. The summed E-state index contributed by atoms with van der Waals surface area (Å²) in [5.74, 6) is 0. The van der Waals surface area contributed by atoms with Gasteiger partial charge in [-0.15, -0.1) is 0 Å². The van der Waals surface area contributed by atoms with E-state index in [2.05, 4.69) is 31.2 Å². The highest BCUT2D eigenvalue weighted by Crippen LogP contribution is 2.30. The molecule has 1 unspecified atom stereocenters. The zero-order valence-electron chi connectivity index (χ0n) is 12.7. The molecule has 0 aliphatic carbocycles. The predicted molar refractivity (Wildman–Crippen MR) is 85.4 cm³/mol. The van der Waals surface area contributed by atoms with Crippen LogP contribution < -0.4 is 0 Å². The first kappa shape index (κ1) is 13.8. The Bertz CT molecular complexity index is 772. The Morgan fingerprint density at radius 3 is 2.38 bits per heavy atom. The highest BCUT2D eigenvalue weighted by Gasteiger charge is 2.19. The highest BCUT2D eigenvalue weighted by molar-refractivity contribution is 5.67. The number of pyridine rings is 1. The number of aliphatic hydroxyl groups is 1. The molecule has 3 heteroatoms. The molecular weight excluding hydrogens is 260 g/mol. The standard InChI is InChI=1S/C18H20N2O/c1-4-15(21)18-17(14-8-5-12(2)6-9-14)19-16-10-7-13(3)11-20(16)18/h5-11,15,21H,4H2,1-3H3. The number of fused-ring (bicyclic) bond motifs is 1. The average Bonchev–Trinajstić information content (AvgIpc) is 2.85. The Kier molecular flexibility index (Phi) is 3.52. The first-order valence-electron chi connectivity index (χ1n) is 7.34. The SMILES string of the molecule is CCC(O)c1c(-c2ccc(C)cc2)nc2ccc(C)cn12. The fourth-order valence-electron chi connectivity index (χ4n) is 2.60. The van der Waals surface area contributed by atoms with Crippen LogP contribution in [0.2, 0.25) is 0 Å². The van der Waals surface area contributed by atoms with Gasteiger partial charge in [0.05, 0.1) is 17.5 Å². The molecule has 1 atom stereocenters. The molecule has 1 aromatic carbocycles. The number of benzene rings is 1. The zero-order valence-corrected chi connectivity index (χ0v) is 12.7. The molecular formula is C18H20N2O. The molecule has 0 saturated heterocycles. The Morgan fingerprint density at radius 2 is 1.71 bits per heavy atom. The van der Waals surface area contributed by atoms with Crippen molar-refractivity contribution in [3.8, 4) is 11.3 Å². The van der Waals surface area contributed by atoms with Crippen molar-refractivity contribution in [2.24, 2.45) is 0 Å². The van der Waals surface area contributed by atoms with Gasteiger partial charge in [-0.25, -0.2) is 4.98 Å². The van der Waals surface area contributed by atoms with Gasteiger partial charge in [0.25, 0.3) is 0 Å². The molecule has 1 N–H and O–H groups in total. The van der Waals surface area contributed by atoms with E-state index in [1.54, 1.807) is 0 Å². The molecule has 2 heterocycles. The molecule has 0 radical (unpaired) electrons. The minimum Gasteiger partial charge on any atom is -0.387 e. The largest absolute Gasteiger partial charge is 0.387 e. The van der Waals surface area contributed by atoms with Crippen LogP contribution in [0.1, 0.15) is 36.3 Å². The lowest BCUT2D eigenvalue weighted by atomic mass is 10.0. The number of imidazole rings is 1. The molecule has 2 aromatic heterocycles. The smallest absolute Gasteiger partial charge is 0.137 e. The third-order valence-electron chi connectivity index (χ3n) is 3.83. The van der Waals surface area contributed by atoms with E-state index in [1.165, 1.54) is 5.56 Å². The van der Waals surface area contributed by atoms with Crippen LogP contribution in [0.15, 0.2) is 42.6 Å². The summed E-state index contributed by atoms with van der Waals surface area (Å²) in [5, 5.41) is 10.4. The summed E-state index contributed by atoms with van der Waals surface area (Å²) >= 11 is 0. The fraction of sp³-hybridized carbons (Fsp3) is 0.278. The van der Waals surface area contributed by atoms with E-state index >= 15 is 0 Å². The van der Waals surface area contributed by atoms with Gasteiger partial charge in [0.15, 0.2) is 0 Å². The maximum absolute atomic E-state index is 10.4. The minimum absolute atomic E-state index is 0.516. The van der Waals surface area contributed by atoms with E-state index in [-0.39, 0.29) is 0 Å². The van der Waals surface area contributed by atoms with Crippen molar-refractivity contribution in [1.29, 1.82) is 0 Å². The second-order valence-electron chi connectivity index (χ2n) is 5.57. The van der Waals surface area contributed by atoms with E-state index < -0.39 is 6.10 Å². The van der Waals surface area contributed by atoms with Gasteiger partial charge in [0.2, 0.25) is 0 Å². The highest BCUT2D eigenvalue weighted by atomic mass is 16.3. The monoisotopic (exact) mass is 280 g/mol. The van der Waals surface area contributed by atoms with Crippen LogP contribution >= 0.6 is 0 Å². The molecule has 0 amide bonds. The third kappa shape index (κ3) is 2.45. The first-order valence-corrected chi connectivity index (χ1v) is 7.34. The summed E-state index contributed by atoms with van der Waals surface area (Å²) < 4.78 is 2.01. The number of aliphatic hydroxyl groups excluding tert-OH is 1. The zero-order chi connectivity index (χ0) is 15.0. The number of rotatable bonds is 3. The molecule has 0 spiro atoms. The van der Waals surface area contributed by atoms with Gasteiger partial charge >= 0.3 is 0 Å². The van der Waals surface area contributed by atoms with Gasteiger partial charge in [-0.05, 0) is 31.9 Å². The van der Waals surface area contributed by atoms with Crippen LogP contribution in [0.25, 0.3) is 16.9 Å². The molecule has 108 valence electrons. The average molecular weight is 280 g/mol. The molecule has 0 aliphatic rings. The van der Waals surface area contributed by atoms with Crippen molar-refractivity contribution < 1.29 is 5.11 Å². The normalized spacial score (nSPS) is 12.8. The summed E-state index contributed by atoms with van der Waals surface area (Å²) in [7, 11) is 0. The molecule has 3 nitrogen and oxygen atoms in total. The lowest BCUT2D eigenvalue weighted by Gasteiger charge is -2.11. The van der Waals surface area contributed by atoms with Crippen molar-refractivity contribution in [2.45, 2.75) is 33.3 Å². The van der Waals surface area contributed by atoms with Crippen LogP contribution in [-0.4, -0.2) is 14.5 Å². The minimum atomic E-state index is -0.516. The van der Waals surface area contributed by atoms with Gasteiger partial charge in [0.1, 0.15) is 5.65 Å². The predicted octanol–water partition coefficient (Wildman–Crippen LogP) is 4.06. The second kappa shape index (κ2) is 5.34. The lowest BCUT2D eigenvalue weighted by Crippen LogP contribution is -2.02. The molecule has 0 bridgehead atoms. The first-order chi connectivity index (χ1) is 10.1. The van der Waals surface area contributed by atoms with E-state index in [0.29, 0.717) is 6.42 Å². The Morgan fingerprint density at radius 1 is 1.05 bits per heavy atom. The van der Waals surface area contributed by atoms with Crippen LogP contribution in [-0.2, 0) is 0 Å². The van der Waals surface area contributed by atoms with Crippen molar-refractivity contribution in [3.05, 3.63) is 59.4 Å². The number of aromatic nitrogens is 2. The maximum atomic E-state index is 10.4. The summed E-state index contributed by atoms with van der Waals surface area (Å²) in [5.41, 5.74) is 6.04. The van der Waals surface area contributed by atoms with E-state index in [4.69, 9.17) is 4.98 Å². The summed E-state index contributed by atoms with van der Waals surface area (Å²) in [6.45, 7) is 6.10. The molecule has 0 fully saturated rings. The number of hydrogen-bond acceptors (Lipinski definition) is 2. The number of aryl methyl sites for hydroxylation is 2. The van der Waals surface area contributed by atoms with Crippen molar-refractivity contribution in [3.63, 3.8) is 0 Å². The van der Waals surface area contributed by atoms with Crippen LogP contribution in [0.3, 0.4) is 0 Å². The number of hydrogen-bond donors (Lipinski definition) is 1. The maximum Gasteiger partial charge on any atom is 0.137 e. The van der Waals surface area contributed by atoms with Gasteiger partial charge in [-0.1, -0.05) is 42.8 Å². The summed E-state index contributed by atoms with van der Waals surface area (Å²) in [4.78, 5) is 4.73. The van der Waals surface area contributed by atoms with Crippen molar-refractivity contribution in [1.82, 2.24) is 9.38 Å².